The first-order valence-electron chi connectivity index (χ1n) is 40.7. The number of benzene rings is 5. The average molecular weight is 1470 g/mol. The molecule has 0 spiro atoms. The number of ether oxygens (including phenoxy) is 7. The lowest BCUT2D eigenvalue weighted by Gasteiger charge is -2.49. The Balaban J connectivity index is 1.29. The highest BCUT2D eigenvalue weighted by Gasteiger charge is 2.56. The topological polar surface area (TPSA) is 166 Å². The molecule has 2 N–H and O–H groups in total. The van der Waals surface area contributed by atoms with Gasteiger partial charge in [-0.05, 0) is 91.2 Å². The Morgan fingerprint density at radius 1 is 0.385 bits per heavy atom. The van der Waals surface area contributed by atoms with Crippen LogP contribution in [0.4, 0.5) is 0 Å². The van der Waals surface area contributed by atoms with Crippen LogP contribution in [0.5, 0.6) is 0 Å². The molecule has 0 aromatic heterocycles. The molecule has 0 bridgehead atoms. The maximum absolute atomic E-state index is 14.2. The molecule has 15 heteroatoms. The van der Waals surface area contributed by atoms with Crippen LogP contribution >= 0.6 is 19.6 Å². The Bertz CT molecular complexity index is 2840. The van der Waals surface area contributed by atoms with Crippen molar-refractivity contribution < 1.29 is 61.3 Å². The number of hydrogen-bond acceptors (Lipinski definition) is 12. The van der Waals surface area contributed by atoms with E-state index in [0.29, 0.717) is 25.7 Å². The minimum absolute atomic E-state index is 0.0233. The Morgan fingerprint density at radius 3 is 1.03 bits per heavy atom. The third-order valence-electron chi connectivity index (χ3n) is 19.8. The van der Waals surface area contributed by atoms with E-state index in [1.54, 1.807) is 0 Å². The van der Waals surface area contributed by atoms with Gasteiger partial charge in [-0.15, -0.1) is 0 Å². The Kier molecular flexibility index (Phi) is 48.4. The summed E-state index contributed by atoms with van der Waals surface area (Å²) in [5.41, 5.74) is 4.95. The lowest BCUT2D eigenvalue weighted by molar-refractivity contribution is -0.277. The average Bonchev–Trinajstić information content (AvgIpc) is 0.763. The monoisotopic (exact) mass is 1470 g/mol. The van der Waals surface area contributed by atoms with Gasteiger partial charge in [-0.1, -0.05) is 351 Å². The lowest BCUT2D eigenvalue weighted by atomic mass is 9.83. The minimum Gasteiger partial charge on any atom is -0.462 e. The highest BCUT2D eigenvalue weighted by atomic mass is 32.2. The number of hydrogen-bond donors (Lipinski definition) is 2. The van der Waals surface area contributed by atoms with Gasteiger partial charge in [0.05, 0.1) is 33.0 Å². The zero-order valence-corrected chi connectivity index (χ0v) is 65.5. The maximum atomic E-state index is 14.2. The van der Waals surface area contributed by atoms with E-state index in [1.165, 1.54) is 115 Å². The molecular weight excluding hydrogens is 1340 g/mol. The second kappa shape index (κ2) is 57.2. The van der Waals surface area contributed by atoms with Gasteiger partial charge in [0.15, 0.2) is 0 Å². The first-order valence-corrected chi connectivity index (χ1v) is 43.3. The highest BCUT2D eigenvalue weighted by Crippen LogP contribution is 2.40. The van der Waals surface area contributed by atoms with Crippen molar-refractivity contribution in [3.8, 4) is 0 Å². The normalized spacial score (nSPS) is 17.5. The zero-order chi connectivity index (χ0) is 73.4. The lowest BCUT2D eigenvalue weighted by Crippen LogP contribution is -2.67. The van der Waals surface area contributed by atoms with E-state index < -0.39 is 50.3 Å². The summed E-state index contributed by atoms with van der Waals surface area (Å²) in [6.45, 7) is 5.78. The van der Waals surface area contributed by atoms with Crippen LogP contribution in [0.3, 0.4) is 0 Å². The molecular formula is C89H133O13PS. The summed E-state index contributed by atoms with van der Waals surface area (Å²) in [4.78, 5) is 46.3. The van der Waals surface area contributed by atoms with Gasteiger partial charge >= 0.3 is 19.5 Å². The number of allylic oxidation sites excluding steroid dienone is 2. The molecule has 4 unspecified atom stereocenters. The van der Waals surface area contributed by atoms with Crippen molar-refractivity contribution in [2.24, 2.45) is 0 Å². The first-order chi connectivity index (χ1) is 51.1. The summed E-state index contributed by atoms with van der Waals surface area (Å²) in [5, 5.41) is -0.227. The van der Waals surface area contributed by atoms with Gasteiger partial charge in [0.25, 0.3) is 0 Å². The molecule has 5 aromatic carbocycles. The number of unbranched alkanes of at least 4 members (excludes halogenated alkanes) is 30. The second-order valence-corrected chi connectivity index (χ2v) is 31.8. The fourth-order valence-corrected chi connectivity index (χ4v) is 15.4. The predicted molar refractivity (Wildman–Crippen MR) is 425 cm³/mol. The van der Waals surface area contributed by atoms with E-state index in [2.05, 4.69) is 86.7 Å². The number of esters is 2. The van der Waals surface area contributed by atoms with E-state index in [1.807, 2.05) is 91.0 Å². The third-order valence-corrected chi connectivity index (χ3v) is 21.7. The summed E-state index contributed by atoms with van der Waals surface area (Å²) in [7, 11) is -3.92. The number of rotatable bonds is 63. The number of carbonyl (C=O) groups excluding carboxylic acids is 2. The van der Waals surface area contributed by atoms with Crippen LogP contribution < -0.4 is 0 Å². The van der Waals surface area contributed by atoms with Crippen LogP contribution in [0.1, 0.15) is 286 Å². The van der Waals surface area contributed by atoms with Gasteiger partial charge in [-0.2, -0.15) is 0 Å². The maximum Gasteiger partial charge on any atom is 0.325 e. The number of carbonyl (C=O) groups is 2. The second-order valence-electron chi connectivity index (χ2n) is 28.9. The molecule has 1 aliphatic rings. The molecule has 1 aliphatic carbocycles. The standard InChI is InChI=1S/C89H133O13PS/c1-3-5-7-9-11-13-19-24-28-32-51-65-82(90)95-74-80(101-83(91)66-52-33-29-25-20-14-12-10-8-6-4-2)68-81(64-50-31-27-23-21-17-15-16-18-22-26-30-34-53-67-103(92,93)94)104-102-89-87(99-72-78-60-46-38-47-61-78)85(97-70-76-56-42-36-43-57-76)84(96-69-75-54-40-35-41-55-75)86(98-71-77-58-44-37-45-59-77)88(89)100-73-79-62-48-39-49-63-79/h15,17,35-49,54-63,80-81,84-89H,3-14,16,18-34,50-53,64-74H2,1-2H3,(H2,92,93,94)/b17-15-/t80?,81?,84?,85-,86+,87-,88-,89?/m0/s1. The van der Waals surface area contributed by atoms with E-state index in [4.69, 9.17) is 37.3 Å². The van der Waals surface area contributed by atoms with E-state index >= 15 is 0 Å². The Hall–Kier alpha value is -4.96. The van der Waals surface area contributed by atoms with Gasteiger partial charge in [-0.25, -0.2) is 0 Å². The predicted octanol–water partition coefficient (Wildman–Crippen LogP) is 23.4. The van der Waals surface area contributed by atoms with Crippen molar-refractivity contribution in [1.82, 2.24) is 0 Å². The molecule has 578 valence electrons. The molecule has 0 saturated heterocycles. The van der Waals surface area contributed by atoms with Gasteiger partial charge < -0.3 is 47.1 Å². The van der Waals surface area contributed by atoms with E-state index in [0.717, 1.165) is 143 Å². The zero-order valence-electron chi connectivity index (χ0n) is 63.8. The Morgan fingerprint density at radius 2 is 0.683 bits per heavy atom. The third kappa shape index (κ3) is 40.8. The van der Waals surface area contributed by atoms with Crippen molar-refractivity contribution in [3.63, 3.8) is 0 Å². The summed E-state index contributed by atoms with van der Waals surface area (Å²) in [6.07, 6.45) is 38.8. The summed E-state index contributed by atoms with van der Waals surface area (Å²) in [5.74, 6) is -0.530. The summed E-state index contributed by atoms with van der Waals surface area (Å²) >= 11 is 1.38. The molecule has 104 heavy (non-hydrogen) atoms. The van der Waals surface area contributed by atoms with Crippen LogP contribution in [0.2, 0.25) is 0 Å². The van der Waals surface area contributed by atoms with Crippen molar-refractivity contribution in [1.29, 1.82) is 0 Å². The highest BCUT2D eigenvalue weighted by molar-refractivity contribution is 7.95. The summed E-state index contributed by atoms with van der Waals surface area (Å²) in [6, 6.07) is 50.9. The van der Waals surface area contributed by atoms with Gasteiger partial charge in [0.2, 0.25) is 0 Å². The van der Waals surface area contributed by atoms with Crippen molar-refractivity contribution in [3.05, 3.63) is 192 Å². The fraction of sp³-hybridized carbons (Fsp3) is 0.618. The summed E-state index contributed by atoms with van der Waals surface area (Å²) < 4.78 is 67.9. The largest absolute Gasteiger partial charge is 0.462 e. The van der Waals surface area contributed by atoms with Crippen LogP contribution in [0, 0.1) is 0 Å². The molecule has 0 amide bonds. The first kappa shape index (κ1) is 87.9. The molecule has 6 rings (SSSR count). The Labute approximate surface area is 632 Å². The van der Waals surface area contributed by atoms with E-state index in [9.17, 15) is 23.9 Å². The minimum atomic E-state index is -3.92. The molecule has 13 nitrogen and oxygen atoms in total. The van der Waals surface area contributed by atoms with Crippen molar-refractivity contribution >= 4 is 31.6 Å². The van der Waals surface area contributed by atoms with Crippen LogP contribution in [-0.2, 0) is 84.5 Å². The van der Waals surface area contributed by atoms with Crippen molar-refractivity contribution in [2.75, 3.05) is 12.8 Å². The van der Waals surface area contributed by atoms with Crippen LogP contribution in [-0.4, -0.2) is 82.5 Å². The molecule has 8 atom stereocenters. The van der Waals surface area contributed by atoms with Crippen LogP contribution in [0.25, 0.3) is 0 Å². The van der Waals surface area contributed by atoms with Crippen LogP contribution in [0.15, 0.2) is 164 Å². The SMILES string of the molecule is CCCCCCCCCCCCCC(=O)OCC(CC(CCCCCC/C=C\CCCCCCCCP(=O)(O)O)SOC1[C@@H](OCc2ccccc2)[C@H](OCc2ccccc2)C(OCc2ccccc2)[C@H](OCc2ccccc2)[C@@H]1OCc1ccccc1)OC(=O)CCCCCCCCCCCCC. The molecule has 0 aliphatic heterocycles. The smallest absolute Gasteiger partial charge is 0.325 e. The quantitative estimate of drug-likeness (QED) is 0.0124. The van der Waals surface area contributed by atoms with E-state index in [-0.39, 0.29) is 63.0 Å². The molecule has 1 saturated carbocycles. The molecule has 5 aromatic rings. The van der Waals surface area contributed by atoms with Gasteiger partial charge in [0, 0.05) is 30.7 Å². The van der Waals surface area contributed by atoms with Gasteiger partial charge in [0.1, 0.15) is 49.3 Å². The fourth-order valence-electron chi connectivity index (χ4n) is 13.7. The molecule has 0 heterocycles. The molecule has 1 fully saturated rings. The molecule has 0 radical (unpaired) electrons. The van der Waals surface area contributed by atoms with Gasteiger partial charge in [-0.3, -0.25) is 14.2 Å². The van der Waals surface area contributed by atoms with Crippen molar-refractivity contribution in [2.45, 2.75) is 339 Å².